The van der Waals surface area contributed by atoms with Gasteiger partial charge in [-0.3, -0.25) is 4.79 Å². The zero-order valence-corrected chi connectivity index (χ0v) is 11.4. The fourth-order valence-electron chi connectivity index (χ4n) is 1.89. The highest BCUT2D eigenvalue weighted by Gasteiger charge is 2.06. The third kappa shape index (κ3) is 3.91. The maximum Gasteiger partial charge on any atom is 0.176 e. The number of carbonyl (C=O) groups excluding carboxylic acids is 1. The van der Waals surface area contributed by atoms with Crippen LogP contribution in [0.4, 0.5) is 0 Å². The van der Waals surface area contributed by atoms with Crippen molar-refractivity contribution in [3.05, 3.63) is 36.0 Å². The zero-order valence-electron chi connectivity index (χ0n) is 11.4. The third-order valence-corrected chi connectivity index (χ3v) is 2.89. The number of Topliss-reactive ketones (excluding diaryl/α,β-unsaturated/α-hetero) is 1. The van der Waals surface area contributed by atoms with Gasteiger partial charge in [0, 0.05) is 23.8 Å². The van der Waals surface area contributed by atoms with Gasteiger partial charge in [-0.1, -0.05) is 12.1 Å². The van der Waals surface area contributed by atoms with Crippen LogP contribution in [0.5, 0.6) is 0 Å². The van der Waals surface area contributed by atoms with E-state index >= 15 is 0 Å². The standard InChI is InChI=1S/C15H20N2O2/c1-11(2)19-8-7-16-10-15(18)13-4-3-12-5-6-17-14(12)9-13/h3-6,9,11,16-17H,7-8,10H2,1-2H3. The second kappa shape index (κ2) is 6.50. The van der Waals surface area contributed by atoms with Crippen molar-refractivity contribution < 1.29 is 9.53 Å². The molecule has 0 atom stereocenters. The van der Waals surface area contributed by atoms with Crippen molar-refractivity contribution in [1.29, 1.82) is 0 Å². The number of hydrogen-bond acceptors (Lipinski definition) is 3. The number of aromatic amines is 1. The van der Waals surface area contributed by atoms with Crippen molar-refractivity contribution in [3.63, 3.8) is 0 Å². The van der Waals surface area contributed by atoms with Crippen molar-refractivity contribution in [2.24, 2.45) is 0 Å². The van der Waals surface area contributed by atoms with Crippen LogP contribution in [0.25, 0.3) is 10.9 Å². The molecule has 0 unspecified atom stereocenters. The second-order valence-electron chi connectivity index (χ2n) is 4.80. The average Bonchev–Trinajstić information content (AvgIpc) is 2.84. The number of benzene rings is 1. The second-order valence-corrected chi connectivity index (χ2v) is 4.80. The Bertz CT molecular complexity index is 546. The molecule has 4 nitrogen and oxygen atoms in total. The number of nitrogens with one attached hydrogen (secondary N) is 2. The molecule has 0 amide bonds. The van der Waals surface area contributed by atoms with Gasteiger partial charge in [0.1, 0.15) is 0 Å². The smallest absolute Gasteiger partial charge is 0.176 e. The number of ether oxygens (including phenoxy) is 1. The molecule has 2 N–H and O–H groups in total. The van der Waals surface area contributed by atoms with Crippen LogP contribution in [0, 0.1) is 0 Å². The van der Waals surface area contributed by atoms with Gasteiger partial charge in [0.05, 0.1) is 19.3 Å². The van der Waals surface area contributed by atoms with Crippen LogP contribution >= 0.6 is 0 Å². The molecule has 0 aliphatic heterocycles. The van der Waals surface area contributed by atoms with Crippen LogP contribution in [0.2, 0.25) is 0 Å². The fraction of sp³-hybridized carbons (Fsp3) is 0.400. The van der Waals surface area contributed by atoms with Gasteiger partial charge in [-0.25, -0.2) is 0 Å². The predicted molar refractivity (Wildman–Crippen MR) is 76.6 cm³/mol. The van der Waals surface area contributed by atoms with E-state index in [1.807, 2.05) is 44.3 Å². The maximum atomic E-state index is 12.0. The number of H-pyrrole nitrogens is 1. The number of carbonyl (C=O) groups is 1. The Hall–Kier alpha value is -1.65. The summed E-state index contributed by atoms with van der Waals surface area (Å²) < 4.78 is 5.40. The molecule has 1 heterocycles. The molecule has 102 valence electrons. The van der Waals surface area contributed by atoms with E-state index in [0.29, 0.717) is 19.7 Å². The Labute approximate surface area is 113 Å². The molecule has 1 aromatic heterocycles. The first-order valence-corrected chi connectivity index (χ1v) is 6.59. The third-order valence-electron chi connectivity index (χ3n) is 2.89. The number of fused-ring (bicyclic) bond motifs is 1. The monoisotopic (exact) mass is 260 g/mol. The highest BCUT2D eigenvalue weighted by Crippen LogP contribution is 2.14. The average molecular weight is 260 g/mol. The minimum Gasteiger partial charge on any atom is -0.377 e. The lowest BCUT2D eigenvalue weighted by atomic mass is 10.1. The normalized spacial score (nSPS) is 11.3. The van der Waals surface area contributed by atoms with Gasteiger partial charge in [0.2, 0.25) is 0 Å². The quantitative estimate of drug-likeness (QED) is 0.593. The molecule has 0 aliphatic rings. The Balaban J connectivity index is 1.82. The molecular weight excluding hydrogens is 240 g/mol. The van der Waals surface area contributed by atoms with Crippen molar-refractivity contribution in [2.75, 3.05) is 19.7 Å². The Morgan fingerprint density at radius 1 is 1.37 bits per heavy atom. The molecule has 4 heteroatoms. The molecule has 0 spiro atoms. The van der Waals surface area contributed by atoms with E-state index < -0.39 is 0 Å². The molecule has 2 aromatic rings. The van der Waals surface area contributed by atoms with E-state index in [9.17, 15) is 4.79 Å². The lowest BCUT2D eigenvalue weighted by Crippen LogP contribution is -2.27. The van der Waals surface area contributed by atoms with E-state index in [0.717, 1.165) is 16.5 Å². The van der Waals surface area contributed by atoms with Crippen LogP contribution in [0.3, 0.4) is 0 Å². The van der Waals surface area contributed by atoms with E-state index in [1.54, 1.807) is 0 Å². The maximum absolute atomic E-state index is 12.0. The lowest BCUT2D eigenvalue weighted by Gasteiger charge is -2.08. The minimum absolute atomic E-state index is 0.0982. The highest BCUT2D eigenvalue weighted by molar-refractivity contribution is 6.00. The highest BCUT2D eigenvalue weighted by atomic mass is 16.5. The molecule has 1 aromatic carbocycles. The number of rotatable bonds is 7. The zero-order chi connectivity index (χ0) is 13.7. The summed E-state index contributed by atoms with van der Waals surface area (Å²) in [5, 5.41) is 4.22. The summed E-state index contributed by atoms with van der Waals surface area (Å²) in [6.45, 7) is 5.65. The summed E-state index contributed by atoms with van der Waals surface area (Å²) >= 11 is 0. The molecule has 0 bridgehead atoms. The largest absolute Gasteiger partial charge is 0.377 e. The van der Waals surface area contributed by atoms with Gasteiger partial charge in [0.15, 0.2) is 5.78 Å². The number of hydrogen-bond donors (Lipinski definition) is 2. The Kier molecular flexibility index (Phi) is 4.71. The van der Waals surface area contributed by atoms with Gasteiger partial charge in [-0.15, -0.1) is 0 Å². The number of ketones is 1. The van der Waals surface area contributed by atoms with Gasteiger partial charge in [-0.05, 0) is 31.4 Å². The van der Waals surface area contributed by atoms with Crippen molar-refractivity contribution in [2.45, 2.75) is 20.0 Å². The summed E-state index contributed by atoms with van der Waals surface area (Å²) in [7, 11) is 0. The number of aromatic nitrogens is 1. The summed E-state index contributed by atoms with van der Waals surface area (Å²) in [5.74, 6) is 0.0982. The molecule has 0 radical (unpaired) electrons. The molecular formula is C15H20N2O2. The summed E-state index contributed by atoms with van der Waals surface area (Å²) in [6, 6.07) is 7.71. The first-order valence-electron chi connectivity index (χ1n) is 6.59. The SMILES string of the molecule is CC(C)OCCNCC(=O)c1ccc2cc[nH]c2c1. The van der Waals surface area contributed by atoms with Gasteiger partial charge in [0.25, 0.3) is 0 Å². The summed E-state index contributed by atoms with van der Waals surface area (Å²) in [5.41, 5.74) is 1.72. The first-order chi connectivity index (χ1) is 9.16. The first kappa shape index (κ1) is 13.8. The van der Waals surface area contributed by atoms with Gasteiger partial charge >= 0.3 is 0 Å². The molecule has 0 aliphatic carbocycles. The topological polar surface area (TPSA) is 54.1 Å². The summed E-state index contributed by atoms with van der Waals surface area (Å²) in [4.78, 5) is 15.1. The molecule has 19 heavy (non-hydrogen) atoms. The Morgan fingerprint density at radius 3 is 3.00 bits per heavy atom. The molecule has 2 rings (SSSR count). The van der Waals surface area contributed by atoms with Gasteiger partial charge < -0.3 is 15.0 Å². The van der Waals surface area contributed by atoms with Gasteiger partial charge in [-0.2, -0.15) is 0 Å². The van der Waals surface area contributed by atoms with Crippen LogP contribution in [0.1, 0.15) is 24.2 Å². The van der Waals surface area contributed by atoms with Crippen molar-refractivity contribution in [3.8, 4) is 0 Å². The molecule has 0 saturated heterocycles. The van der Waals surface area contributed by atoms with Crippen LogP contribution < -0.4 is 5.32 Å². The molecule has 0 saturated carbocycles. The molecule has 0 fully saturated rings. The fourth-order valence-corrected chi connectivity index (χ4v) is 1.89. The van der Waals surface area contributed by atoms with Crippen molar-refractivity contribution in [1.82, 2.24) is 10.3 Å². The van der Waals surface area contributed by atoms with Crippen LogP contribution in [0.15, 0.2) is 30.5 Å². The van der Waals surface area contributed by atoms with Crippen LogP contribution in [-0.4, -0.2) is 36.6 Å². The van der Waals surface area contributed by atoms with Crippen LogP contribution in [-0.2, 0) is 4.74 Å². The minimum atomic E-state index is 0.0982. The Morgan fingerprint density at radius 2 is 2.21 bits per heavy atom. The predicted octanol–water partition coefficient (Wildman–Crippen LogP) is 2.37. The summed E-state index contributed by atoms with van der Waals surface area (Å²) in [6.07, 6.45) is 2.10. The van der Waals surface area contributed by atoms with E-state index in [1.165, 1.54) is 0 Å². The van der Waals surface area contributed by atoms with E-state index in [-0.39, 0.29) is 11.9 Å². The van der Waals surface area contributed by atoms with E-state index in [4.69, 9.17) is 4.74 Å². The van der Waals surface area contributed by atoms with E-state index in [2.05, 4.69) is 10.3 Å². The lowest BCUT2D eigenvalue weighted by molar-refractivity contribution is 0.0798. The van der Waals surface area contributed by atoms with Crippen molar-refractivity contribution >= 4 is 16.7 Å².